The first-order valence-corrected chi connectivity index (χ1v) is 17.3. The summed E-state index contributed by atoms with van der Waals surface area (Å²) in [6.07, 6.45) is 4.39. The van der Waals surface area contributed by atoms with Crippen LogP contribution in [-0.2, 0) is 14.3 Å². The van der Waals surface area contributed by atoms with E-state index in [9.17, 15) is 30.3 Å². The number of rotatable bonds is 3. The lowest BCUT2D eigenvalue weighted by Gasteiger charge is -2.71. The van der Waals surface area contributed by atoms with Crippen molar-refractivity contribution in [1.82, 2.24) is 0 Å². The highest BCUT2D eigenvalue weighted by Crippen LogP contribution is 2.75. The van der Waals surface area contributed by atoms with Gasteiger partial charge in [-0.25, -0.2) is 0 Å². The number of carbonyl (C=O) groups excluding carboxylic acids is 1. The summed E-state index contributed by atoms with van der Waals surface area (Å²) in [7, 11) is 0. The molecule has 1 heterocycles. The number of hydrogen-bond acceptors (Lipinski definition) is 8. The first-order valence-electron chi connectivity index (χ1n) is 17.3. The van der Waals surface area contributed by atoms with Gasteiger partial charge in [-0.3, -0.25) is 4.79 Å². The smallest absolute Gasteiger partial charge is 0.317 e. The molecular weight excluding hydrogens is 560 g/mol. The van der Waals surface area contributed by atoms with Crippen LogP contribution < -0.4 is 0 Å². The molecule has 0 aromatic carbocycles. The normalized spacial score (nSPS) is 52.8. The van der Waals surface area contributed by atoms with Crippen molar-refractivity contribution in [3.05, 3.63) is 11.6 Å². The zero-order valence-corrected chi connectivity index (χ0v) is 28.0. The van der Waals surface area contributed by atoms with Crippen molar-refractivity contribution in [3.8, 4) is 0 Å². The summed E-state index contributed by atoms with van der Waals surface area (Å²) in [5.74, 6) is -0.591. The van der Waals surface area contributed by atoms with E-state index in [1.807, 2.05) is 0 Å². The third-order valence-corrected chi connectivity index (χ3v) is 15.1. The van der Waals surface area contributed by atoms with Crippen molar-refractivity contribution in [2.24, 2.45) is 56.2 Å². The van der Waals surface area contributed by atoms with Crippen molar-refractivity contribution in [2.45, 2.75) is 137 Å². The lowest BCUT2D eigenvalue weighted by Crippen LogP contribution is -2.68. The van der Waals surface area contributed by atoms with Crippen LogP contribution in [0.2, 0.25) is 0 Å². The lowest BCUT2D eigenvalue weighted by molar-refractivity contribution is -0.269. The van der Waals surface area contributed by atoms with Crippen LogP contribution in [0.25, 0.3) is 0 Å². The van der Waals surface area contributed by atoms with Crippen molar-refractivity contribution < 1.29 is 39.8 Å². The predicted molar refractivity (Wildman–Crippen MR) is 165 cm³/mol. The molecule has 5 aliphatic carbocycles. The van der Waals surface area contributed by atoms with Crippen LogP contribution in [0, 0.1) is 56.2 Å². The topological polar surface area (TPSA) is 137 Å². The molecule has 0 amide bonds. The molecule has 6 rings (SSSR count). The Labute approximate surface area is 263 Å². The molecule has 250 valence electrons. The molecule has 8 heteroatoms. The molecular formula is C36H58O8. The standard InChI is InChI=1S/C36H58O8/c1-31(2)14-15-36(30(42)44-29-28(41)27(40)20(18-37)19-43-29)22(16-31)21-8-9-24-33(5)12-11-25(38)32(3,4)23(33)10-13-34(24,6)35(21,7)17-26(36)39/h8,20,22-29,37-41H,9-19H2,1-7H3. The maximum atomic E-state index is 14.4. The SMILES string of the molecule is CC1(C)CCC2(C(=O)OC3OCC(CO)C(O)C3O)C(O)CC3(C)C(=CCC4C5(C)CCC(O)C(C)(C)C5CCC43C)C2C1. The molecule has 0 bridgehead atoms. The maximum absolute atomic E-state index is 14.4. The van der Waals surface area contributed by atoms with Crippen molar-refractivity contribution in [3.63, 3.8) is 0 Å². The first-order chi connectivity index (χ1) is 20.4. The molecule has 13 atom stereocenters. The van der Waals surface area contributed by atoms with Gasteiger partial charge in [-0.1, -0.05) is 60.1 Å². The number of aliphatic hydroxyl groups excluding tert-OH is 5. The van der Waals surface area contributed by atoms with Crippen LogP contribution in [0.1, 0.15) is 106 Å². The molecule has 1 saturated heterocycles. The molecule has 0 aromatic heterocycles. The van der Waals surface area contributed by atoms with Gasteiger partial charge in [-0.2, -0.15) is 0 Å². The van der Waals surface area contributed by atoms with Gasteiger partial charge >= 0.3 is 5.97 Å². The highest BCUT2D eigenvalue weighted by atomic mass is 16.7. The number of fused-ring (bicyclic) bond motifs is 7. The van der Waals surface area contributed by atoms with Crippen molar-refractivity contribution in [1.29, 1.82) is 0 Å². The molecule has 6 aliphatic rings. The number of esters is 1. The van der Waals surface area contributed by atoms with Gasteiger partial charge in [-0.15, -0.1) is 0 Å². The summed E-state index contributed by atoms with van der Waals surface area (Å²) in [4.78, 5) is 14.4. The second kappa shape index (κ2) is 10.5. The van der Waals surface area contributed by atoms with E-state index in [4.69, 9.17) is 9.47 Å². The fraction of sp³-hybridized carbons (Fsp3) is 0.917. The Balaban J connectivity index is 1.37. The summed E-state index contributed by atoms with van der Waals surface area (Å²) < 4.78 is 11.6. The van der Waals surface area contributed by atoms with Crippen LogP contribution in [0.3, 0.4) is 0 Å². The maximum Gasteiger partial charge on any atom is 0.317 e. The lowest BCUT2D eigenvalue weighted by atomic mass is 9.33. The first kappa shape index (κ1) is 32.9. The molecule has 4 saturated carbocycles. The molecule has 0 aromatic rings. The largest absolute Gasteiger partial charge is 0.432 e. The Morgan fingerprint density at radius 3 is 2.27 bits per heavy atom. The molecule has 5 fully saturated rings. The Morgan fingerprint density at radius 1 is 0.886 bits per heavy atom. The molecule has 13 unspecified atom stereocenters. The number of aliphatic hydroxyl groups is 5. The predicted octanol–water partition coefficient (Wildman–Crippen LogP) is 4.35. The van der Waals surface area contributed by atoms with E-state index in [-0.39, 0.29) is 52.3 Å². The van der Waals surface area contributed by atoms with Crippen LogP contribution in [0.15, 0.2) is 11.6 Å². The Bertz CT molecular complexity index is 1180. The van der Waals surface area contributed by atoms with E-state index in [0.717, 1.165) is 44.9 Å². The van der Waals surface area contributed by atoms with E-state index >= 15 is 0 Å². The van der Waals surface area contributed by atoms with Crippen LogP contribution in [-0.4, -0.2) is 75.4 Å². The molecule has 44 heavy (non-hydrogen) atoms. The van der Waals surface area contributed by atoms with Gasteiger partial charge in [0.2, 0.25) is 6.29 Å². The highest BCUT2D eigenvalue weighted by molar-refractivity contribution is 5.80. The zero-order chi connectivity index (χ0) is 32.3. The van der Waals surface area contributed by atoms with Crippen molar-refractivity contribution in [2.75, 3.05) is 13.2 Å². The van der Waals surface area contributed by atoms with Crippen LogP contribution >= 0.6 is 0 Å². The molecule has 5 N–H and O–H groups in total. The molecule has 1 aliphatic heterocycles. The quantitative estimate of drug-likeness (QED) is 0.233. The molecule has 8 nitrogen and oxygen atoms in total. The average molecular weight is 619 g/mol. The van der Waals surface area contributed by atoms with Crippen molar-refractivity contribution >= 4 is 5.97 Å². The average Bonchev–Trinajstić information content (AvgIpc) is 2.94. The summed E-state index contributed by atoms with van der Waals surface area (Å²) in [5.41, 5.74) is -0.356. The molecule has 0 spiro atoms. The monoisotopic (exact) mass is 618 g/mol. The van der Waals surface area contributed by atoms with Gasteiger partial charge in [0.25, 0.3) is 0 Å². The third kappa shape index (κ3) is 4.33. The summed E-state index contributed by atoms with van der Waals surface area (Å²) in [5, 5.41) is 54.1. The van der Waals surface area contributed by atoms with E-state index in [2.05, 4.69) is 54.5 Å². The van der Waals surface area contributed by atoms with Gasteiger partial charge in [0.05, 0.1) is 31.5 Å². The number of ether oxygens (including phenoxy) is 2. The zero-order valence-electron chi connectivity index (χ0n) is 28.0. The fourth-order valence-corrected chi connectivity index (χ4v) is 12.0. The van der Waals surface area contributed by atoms with E-state index in [0.29, 0.717) is 24.7 Å². The second-order valence-electron chi connectivity index (χ2n) is 17.9. The Kier molecular flexibility index (Phi) is 7.84. The summed E-state index contributed by atoms with van der Waals surface area (Å²) in [6, 6.07) is 0. The Morgan fingerprint density at radius 2 is 1.59 bits per heavy atom. The fourth-order valence-electron chi connectivity index (χ4n) is 12.0. The van der Waals surface area contributed by atoms with Crippen LogP contribution in [0.4, 0.5) is 0 Å². The van der Waals surface area contributed by atoms with Gasteiger partial charge in [0, 0.05) is 5.92 Å². The van der Waals surface area contributed by atoms with E-state index < -0.39 is 41.9 Å². The minimum Gasteiger partial charge on any atom is -0.432 e. The number of hydrogen-bond donors (Lipinski definition) is 5. The minimum absolute atomic E-state index is 0.0242. The van der Waals surface area contributed by atoms with E-state index in [1.165, 1.54) is 5.57 Å². The van der Waals surface area contributed by atoms with Gasteiger partial charge < -0.3 is 35.0 Å². The summed E-state index contributed by atoms with van der Waals surface area (Å²) >= 11 is 0. The van der Waals surface area contributed by atoms with Gasteiger partial charge in [0.1, 0.15) is 11.5 Å². The third-order valence-electron chi connectivity index (χ3n) is 15.1. The highest BCUT2D eigenvalue weighted by Gasteiger charge is 2.71. The Hall–Kier alpha value is -1.03. The van der Waals surface area contributed by atoms with Crippen LogP contribution in [0.5, 0.6) is 0 Å². The molecule has 0 radical (unpaired) electrons. The second-order valence-corrected chi connectivity index (χ2v) is 17.9. The van der Waals surface area contributed by atoms with Gasteiger partial charge in [-0.05, 0) is 103 Å². The number of allylic oxidation sites excluding steroid dienone is 2. The minimum atomic E-state index is -1.48. The van der Waals surface area contributed by atoms with Gasteiger partial charge in [0.15, 0.2) is 0 Å². The summed E-state index contributed by atoms with van der Waals surface area (Å²) in [6.45, 7) is 15.9. The van der Waals surface area contributed by atoms with E-state index in [1.54, 1.807) is 0 Å². The number of carbonyl (C=O) groups is 1.